The second-order valence-corrected chi connectivity index (χ2v) is 7.54. The fourth-order valence-electron chi connectivity index (χ4n) is 2.84. The number of carbonyl (C=O) groups excluding carboxylic acids is 1. The van der Waals surface area contributed by atoms with Gasteiger partial charge in [-0.3, -0.25) is 9.36 Å². The first kappa shape index (κ1) is 19.5. The van der Waals surface area contributed by atoms with Crippen molar-refractivity contribution in [3.63, 3.8) is 0 Å². The summed E-state index contributed by atoms with van der Waals surface area (Å²) in [6.07, 6.45) is 0. The van der Waals surface area contributed by atoms with Crippen LogP contribution in [0.1, 0.15) is 12.5 Å². The van der Waals surface area contributed by atoms with Crippen LogP contribution in [0.25, 0.3) is 0 Å². The number of rotatable bonds is 7. The molecule has 146 valence electrons. The van der Waals surface area contributed by atoms with E-state index < -0.39 is 0 Å². The number of carbonyl (C=O) groups is 1. The zero-order chi connectivity index (χ0) is 19.2. The molecule has 9 heteroatoms. The van der Waals surface area contributed by atoms with E-state index in [0.717, 1.165) is 35.5 Å². The Balaban J connectivity index is 1.57. The molecule has 1 saturated heterocycles. The molecule has 0 radical (unpaired) electrons. The van der Waals surface area contributed by atoms with Gasteiger partial charge in [0.05, 0.1) is 25.6 Å². The molecule has 0 spiro atoms. The molecular weight excluding hydrogens is 366 g/mol. The van der Waals surface area contributed by atoms with Gasteiger partial charge in [-0.05, 0) is 13.0 Å². The Kier molecular flexibility index (Phi) is 6.57. The summed E-state index contributed by atoms with van der Waals surface area (Å²) in [4.78, 5) is 14.6. The number of amides is 1. The van der Waals surface area contributed by atoms with Gasteiger partial charge in [0.1, 0.15) is 5.75 Å². The fraction of sp³-hybridized carbons (Fsp3) is 0.500. The van der Waals surface area contributed by atoms with Gasteiger partial charge in [-0.25, -0.2) is 0 Å². The Morgan fingerprint density at radius 3 is 2.81 bits per heavy atom. The van der Waals surface area contributed by atoms with Crippen LogP contribution in [0.3, 0.4) is 0 Å². The molecule has 0 bridgehead atoms. The van der Waals surface area contributed by atoms with Crippen molar-refractivity contribution in [2.45, 2.75) is 23.9 Å². The maximum Gasteiger partial charge on any atom is 0.233 e. The third-order valence-corrected chi connectivity index (χ3v) is 5.54. The molecule has 1 aliphatic heterocycles. The van der Waals surface area contributed by atoms with E-state index in [2.05, 4.69) is 20.4 Å². The van der Waals surface area contributed by atoms with Crippen LogP contribution in [0.4, 0.5) is 5.95 Å². The third-order valence-electron chi connectivity index (χ3n) is 4.40. The maximum atomic E-state index is 12.5. The minimum absolute atomic E-state index is 0.0539. The van der Waals surface area contributed by atoms with Crippen molar-refractivity contribution in [3.05, 3.63) is 29.8 Å². The number of hydrogen-bond donors (Lipinski definition) is 1. The highest BCUT2D eigenvalue weighted by molar-refractivity contribution is 8.00. The minimum Gasteiger partial charge on any atom is -0.496 e. The van der Waals surface area contributed by atoms with Crippen LogP contribution in [-0.4, -0.2) is 59.3 Å². The Hall–Kier alpha value is -2.26. The van der Waals surface area contributed by atoms with E-state index in [9.17, 15) is 4.79 Å². The number of methoxy groups -OCH3 is 1. The van der Waals surface area contributed by atoms with Gasteiger partial charge in [-0.2, -0.15) is 0 Å². The number of anilines is 1. The summed E-state index contributed by atoms with van der Waals surface area (Å²) in [5.41, 5.74) is 0.943. The van der Waals surface area contributed by atoms with Crippen molar-refractivity contribution in [2.24, 2.45) is 7.05 Å². The number of benzene rings is 1. The Bertz CT molecular complexity index is 776. The molecule has 3 rings (SSSR count). The van der Waals surface area contributed by atoms with Crippen molar-refractivity contribution in [1.82, 2.24) is 20.1 Å². The molecule has 2 aromatic rings. The molecule has 1 fully saturated rings. The van der Waals surface area contributed by atoms with Crippen LogP contribution in [0.2, 0.25) is 0 Å². The zero-order valence-electron chi connectivity index (χ0n) is 15.8. The van der Waals surface area contributed by atoms with Crippen molar-refractivity contribution in [2.75, 3.05) is 38.3 Å². The lowest BCUT2D eigenvalue weighted by Crippen LogP contribution is -2.37. The molecule has 1 atom stereocenters. The molecule has 2 heterocycles. The first-order valence-corrected chi connectivity index (χ1v) is 9.76. The lowest BCUT2D eigenvalue weighted by atomic mass is 10.2. The number of ether oxygens (including phenoxy) is 2. The minimum atomic E-state index is -0.292. The Labute approximate surface area is 163 Å². The number of aromatic nitrogens is 3. The summed E-state index contributed by atoms with van der Waals surface area (Å²) < 4.78 is 12.6. The van der Waals surface area contributed by atoms with E-state index in [1.807, 2.05) is 42.8 Å². The summed E-state index contributed by atoms with van der Waals surface area (Å²) >= 11 is 1.40. The van der Waals surface area contributed by atoms with E-state index in [4.69, 9.17) is 9.47 Å². The first-order chi connectivity index (χ1) is 13.1. The molecule has 1 N–H and O–H groups in total. The topological polar surface area (TPSA) is 81.5 Å². The third kappa shape index (κ3) is 4.72. The number of thioether (sulfide) groups is 1. The highest BCUT2D eigenvalue weighted by atomic mass is 32.2. The summed E-state index contributed by atoms with van der Waals surface area (Å²) in [6, 6.07) is 7.65. The van der Waals surface area contributed by atoms with E-state index in [1.165, 1.54) is 11.8 Å². The van der Waals surface area contributed by atoms with Crippen LogP contribution >= 0.6 is 11.8 Å². The molecule has 0 saturated carbocycles. The van der Waals surface area contributed by atoms with Gasteiger partial charge in [0.15, 0.2) is 5.16 Å². The predicted molar refractivity (Wildman–Crippen MR) is 104 cm³/mol. The van der Waals surface area contributed by atoms with Gasteiger partial charge in [0, 0.05) is 32.2 Å². The van der Waals surface area contributed by atoms with Crippen LogP contribution in [0.15, 0.2) is 29.4 Å². The monoisotopic (exact) mass is 391 g/mol. The lowest BCUT2D eigenvalue weighted by molar-refractivity contribution is -0.120. The average molecular weight is 391 g/mol. The van der Waals surface area contributed by atoms with Gasteiger partial charge < -0.3 is 19.7 Å². The largest absolute Gasteiger partial charge is 0.496 e. The second kappa shape index (κ2) is 9.09. The van der Waals surface area contributed by atoms with Crippen LogP contribution in [-0.2, 0) is 23.1 Å². The molecule has 1 aromatic carbocycles. The summed E-state index contributed by atoms with van der Waals surface area (Å²) in [5, 5.41) is 11.9. The highest BCUT2D eigenvalue weighted by Crippen LogP contribution is 2.25. The van der Waals surface area contributed by atoms with Crippen molar-refractivity contribution >= 4 is 23.6 Å². The Morgan fingerprint density at radius 1 is 1.33 bits per heavy atom. The van der Waals surface area contributed by atoms with E-state index in [0.29, 0.717) is 19.8 Å². The van der Waals surface area contributed by atoms with Gasteiger partial charge in [-0.1, -0.05) is 30.0 Å². The Morgan fingerprint density at radius 2 is 2.07 bits per heavy atom. The highest BCUT2D eigenvalue weighted by Gasteiger charge is 2.22. The number of morpholine rings is 1. The van der Waals surface area contributed by atoms with Gasteiger partial charge in [0.2, 0.25) is 11.9 Å². The van der Waals surface area contributed by atoms with E-state index >= 15 is 0 Å². The number of hydrogen-bond acceptors (Lipinski definition) is 7. The zero-order valence-corrected chi connectivity index (χ0v) is 16.7. The van der Waals surface area contributed by atoms with Crippen molar-refractivity contribution in [3.8, 4) is 5.75 Å². The standard InChI is InChI=1S/C18H25N5O3S/c1-13(16(24)19-12-14-6-4-5-7-15(14)25-3)27-18-21-20-17(22(18)2)23-8-10-26-11-9-23/h4-7,13H,8-12H2,1-3H3,(H,19,24). The summed E-state index contributed by atoms with van der Waals surface area (Å²) in [7, 11) is 3.55. The maximum absolute atomic E-state index is 12.5. The summed E-state index contributed by atoms with van der Waals surface area (Å²) in [6.45, 7) is 5.27. The van der Waals surface area contributed by atoms with Crippen LogP contribution in [0.5, 0.6) is 5.75 Å². The van der Waals surface area contributed by atoms with Gasteiger partial charge >= 0.3 is 0 Å². The molecule has 0 aliphatic carbocycles. The second-order valence-electron chi connectivity index (χ2n) is 6.23. The predicted octanol–water partition coefficient (Wildman–Crippen LogP) is 1.46. The smallest absolute Gasteiger partial charge is 0.233 e. The number of nitrogens with zero attached hydrogens (tertiary/aromatic N) is 4. The van der Waals surface area contributed by atoms with Crippen molar-refractivity contribution < 1.29 is 14.3 Å². The lowest BCUT2D eigenvalue weighted by Gasteiger charge is -2.27. The molecule has 8 nitrogen and oxygen atoms in total. The molecule has 27 heavy (non-hydrogen) atoms. The number of nitrogens with one attached hydrogen (secondary N) is 1. The van der Waals surface area contributed by atoms with Crippen molar-refractivity contribution in [1.29, 1.82) is 0 Å². The van der Waals surface area contributed by atoms with Crippen LogP contribution in [0, 0.1) is 0 Å². The van der Waals surface area contributed by atoms with E-state index in [1.54, 1.807) is 7.11 Å². The van der Waals surface area contributed by atoms with Gasteiger partial charge in [0.25, 0.3) is 0 Å². The average Bonchev–Trinajstić information content (AvgIpc) is 3.07. The van der Waals surface area contributed by atoms with Gasteiger partial charge in [-0.15, -0.1) is 10.2 Å². The van der Waals surface area contributed by atoms with Crippen LogP contribution < -0.4 is 15.0 Å². The molecule has 1 aliphatic rings. The first-order valence-electron chi connectivity index (χ1n) is 8.88. The molecule has 1 amide bonds. The van der Waals surface area contributed by atoms with E-state index in [-0.39, 0.29) is 11.2 Å². The summed E-state index contributed by atoms with van der Waals surface area (Å²) in [5.74, 6) is 1.52. The SMILES string of the molecule is COc1ccccc1CNC(=O)C(C)Sc1nnc(N2CCOCC2)n1C. The fourth-order valence-corrected chi connectivity index (χ4v) is 3.67. The number of para-hydroxylation sites is 1. The quantitative estimate of drug-likeness (QED) is 0.716. The molecular formula is C18H25N5O3S. The molecule has 1 aromatic heterocycles. The molecule has 1 unspecified atom stereocenters. The normalized spacial score (nSPS) is 15.4.